The maximum Gasteiger partial charge on any atom is 0.306 e. The van der Waals surface area contributed by atoms with E-state index in [1.165, 1.54) is 103 Å². The molecule has 320 valence electrons. The minimum Gasteiger partial charge on any atom is -0.462 e. The van der Waals surface area contributed by atoms with Crippen LogP contribution in [0.1, 0.15) is 239 Å². The molecule has 0 aromatic rings. The van der Waals surface area contributed by atoms with Crippen molar-refractivity contribution in [3.63, 3.8) is 0 Å². The molecule has 1 unspecified atom stereocenters. The maximum absolute atomic E-state index is 12.7. The summed E-state index contributed by atoms with van der Waals surface area (Å²) in [7, 11) is 0. The highest BCUT2D eigenvalue weighted by Gasteiger charge is 2.19. The Hall–Kier alpha value is -2.37. The largest absolute Gasteiger partial charge is 0.462 e. The van der Waals surface area contributed by atoms with Gasteiger partial charge in [0.05, 0.1) is 0 Å². The molecule has 0 saturated carbocycles. The number of carbonyl (C=O) groups excluding carboxylic acids is 3. The van der Waals surface area contributed by atoms with Crippen molar-refractivity contribution in [2.75, 3.05) is 13.2 Å². The van der Waals surface area contributed by atoms with E-state index in [0.29, 0.717) is 19.3 Å². The van der Waals surface area contributed by atoms with Crippen LogP contribution in [0.3, 0.4) is 0 Å². The molecule has 55 heavy (non-hydrogen) atoms. The molecule has 6 nitrogen and oxygen atoms in total. The van der Waals surface area contributed by atoms with Crippen LogP contribution >= 0.6 is 0 Å². The molecular formula is C49H88O6. The van der Waals surface area contributed by atoms with Crippen molar-refractivity contribution < 1.29 is 28.6 Å². The molecule has 0 rings (SSSR count). The maximum atomic E-state index is 12.7. The summed E-state index contributed by atoms with van der Waals surface area (Å²) >= 11 is 0. The number of unbranched alkanes of at least 4 members (excludes halogenated alkanes) is 25. The van der Waals surface area contributed by atoms with Crippen molar-refractivity contribution in [1.82, 2.24) is 0 Å². The van der Waals surface area contributed by atoms with E-state index in [-0.39, 0.29) is 31.1 Å². The quantitative estimate of drug-likeness (QED) is 0.0266. The Bertz CT molecular complexity index is 938. The molecule has 0 aromatic carbocycles. The standard InChI is InChI=1S/C49H88O6/c1-4-7-10-13-16-19-21-23-24-25-27-28-30-33-36-39-42-48(51)54-45-46(44-53-47(50)41-38-35-32-18-15-12-9-6-3)55-49(52)43-40-37-34-31-29-26-22-20-17-14-11-8-5-2/h11,14,20,22,24-25,46H,4-10,12-13,15-19,21,23,26-45H2,1-3H3/b14-11-,22-20-,25-24-. The van der Waals surface area contributed by atoms with Gasteiger partial charge < -0.3 is 14.2 Å². The molecule has 0 bridgehead atoms. The van der Waals surface area contributed by atoms with E-state index in [4.69, 9.17) is 14.2 Å². The Kier molecular flexibility index (Phi) is 42.4. The van der Waals surface area contributed by atoms with Crippen LogP contribution in [-0.2, 0) is 28.6 Å². The molecule has 0 aliphatic heterocycles. The van der Waals surface area contributed by atoms with Gasteiger partial charge in [-0.05, 0) is 70.6 Å². The molecule has 0 amide bonds. The predicted octanol–water partition coefficient (Wildman–Crippen LogP) is 15.0. The van der Waals surface area contributed by atoms with Gasteiger partial charge in [-0.2, -0.15) is 0 Å². The van der Waals surface area contributed by atoms with E-state index in [9.17, 15) is 14.4 Å². The third-order valence-electron chi connectivity index (χ3n) is 10.1. The lowest BCUT2D eigenvalue weighted by atomic mass is 10.1. The number of allylic oxidation sites excluding steroid dienone is 6. The molecule has 6 heteroatoms. The molecule has 0 aliphatic rings. The fraction of sp³-hybridized carbons (Fsp3) is 0.816. The lowest BCUT2D eigenvalue weighted by Gasteiger charge is -2.18. The van der Waals surface area contributed by atoms with Gasteiger partial charge >= 0.3 is 17.9 Å². The molecule has 0 saturated heterocycles. The van der Waals surface area contributed by atoms with Crippen molar-refractivity contribution in [3.05, 3.63) is 36.5 Å². The Morgan fingerprint density at radius 1 is 0.364 bits per heavy atom. The van der Waals surface area contributed by atoms with Gasteiger partial charge in [-0.3, -0.25) is 14.4 Å². The summed E-state index contributed by atoms with van der Waals surface area (Å²) < 4.78 is 16.7. The zero-order valence-electron chi connectivity index (χ0n) is 36.4. The lowest BCUT2D eigenvalue weighted by molar-refractivity contribution is -0.167. The molecule has 0 fully saturated rings. The SMILES string of the molecule is CCC/C=C\C/C=C\CCCCCCCC(=O)OC(COC(=O)CCCCCCC/C=C\CCCCCCCCC)COC(=O)CCCCCCCCCC. The van der Waals surface area contributed by atoms with Crippen molar-refractivity contribution in [1.29, 1.82) is 0 Å². The summed E-state index contributed by atoms with van der Waals surface area (Å²) in [6.07, 6.45) is 49.9. The summed E-state index contributed by atoms with van der Waals surface area (Å²) in [5.41, 5.74) is 0. The predicted molar refractivity (Wildman–Crippen MR) is 233 cm³/mol. The number of rotatable bonds is 42. The average molecular weight is 773 g/mol. The highest BCUT2D eigenvalue weighted by molar-refractivity contribution is 5.71. The zero-order chi connectivity index (χ0) is 40.1. The minimum atomic E-state index is -0.776. The first-order chi connectivity index (χ1) is 27.0. The first-order valence-corrected chi connectivity index (χ1v) is 23.5. The van der Waals surface area contributed by atoms with E-state index >= 15 is 0 Å². The third-order valence-corrected chi connectivity index (χ3v) is 10.1. The Morgan fingerprint density at radius 3 is 1.09 bits per heavy atom. The van der Waals surface area contributed by atoms with E-state index in [2.05, 4.69) is 57.2 Å². The number of hydrogen-bond acceptors (Lipinski definition) is 6. The second-order valence-corrected chi connectivity index (χ2v) is 15.7. The fourth-order valence-electron chi connectivity index (χ4n) is 6.53. The number of esters is 3. The van der Waals surface area contributed by atoms with Gasteiger partial charge in [-0.1, -0.05) is 186 Å². The smallest absolute Gasteiger partial charge is 0.306 e. The molecule has 1 atom stereocenters. The average Bonchev–Trinajstić information content (AvgIpc) is 3.18. The van der Waals surface area contributed by atoms with E-state index in [1.807, 2.05) is 0 Å². The molecule has 0 aromatic heterocycles. The Labute approximate surface area is 340 Å². The molecular weight excluding hydrogens is 685 g/mol. The van der Waals surface area contributed by atoms with Gasteiger partial charge in [-0.25, -0.2) is 0 Å². The van der Waals surface area contributed by atoms with E-state index in [0.717, 1.165) is 96.3 Å². The highest BCUT2D eigenvalue weighted by Crippen LogP contribution is 2.14. The summed E-state index contributed by atoms with van der Waals surface area (Å²) in [6.45, 7) is 6.52. The van der Waals surface area contributed by atoms with Crippen LogP contribution in [-0.4, -0.2) is 37.2 Å². The van der Waals surface area contributed by atoms with Crippen molar-refractivity contribution in [3.8, 4) is 0 Å². The van der Waals surface area contributed by atoms with E-state index < -0.39 is 6.10 Å². The normalized spacial score (nSPS) is 12.3. The van der Waals surface area contributed by atoms with Gasteiger partial charge in [0, 0.05) is 19.3 Å². The summed E-state index contributed by atoms with van der Waals surface area (Å²) in [4.78, 5) is 37.7. The van der Waals surface area contributed by atoms with Crippen LogP contribution in [0.5, 0.6) is 0 Å². The van der Waals surface area contributed by atoms with Crippen LogP contribution < -0.4 is 0 Å². The second kappa shape index (κ2) is 44.3. The number of hydrogen-bond donors (Lipinski definition) is 0. The van der Waals surface area contributed by atoms with E-state index in [1.54, 1.807) is 0 Å². The topological polar surface area (TPSA) is 78.9 Å². The monoisotopic (exact) mass is 773 g/mol. The van der Waals surface area contributed by atoms with Crippen LogP contribution in [0, 0.1) is 0 Å². The molecule has 0 radical (unpaired) electrons. The zero-order valence-corrected chi connectivity index (χ0v) is 36.4. The molecule has 0 N–H and O–H groups in total. The van der Waals surface area contributed by atoms with Crippen molar-refractivity contribution in [2.45, 2.75) is 245 Å². The summed E-state index contributed by atoms with van der Waals surface area (Å²) in [6, 6.07) is 0. The van der Waals surface area contributed by atoms with Gasteiger partial charge in [0.2, 0.25) is 0 Å². The molecule has 0 heterocycles. The van der Waals surface area contributed by atoms with Crippen LogP contribution in [0.15, 0.2) is 36.5 Å². The Balaban J connectivity index is 4.33. The number of ether oxygens (including phenoxy) is 3. The fourth-order valence-corrected chi connectivity index (χ4v) is 6.53. The molecule has 0 aliphatic carbocycles. The Morgan fingerprint density at radius 2 is 0.691 bits per heavy atom. The van der Waals surface area contributed by atoms with Crippen molar-refractivity contribution in [2.24, 2.45) is 0 Å². The first-order valence-electron chi connectivity index (χ1n) is 23.5. The van der Waals surface area contributed by atoms with Crippen LogP contribution in [0.4, 0.5) is 0 Å². The van der Waals surface area contributed by atoms with Crippen LogP contribution in [0.2, 0.25) is 0 Å². The highest BCUT2D eigenvalue weighted by atomic mass is 16.6. The second-order valence-electron chi connectivity index (χ2n) is 15.7. The molecule has 0 spiro atoms. The van der Waals surface area contributed by atoms with Gasteiger partial charge in [-0.15, -0.1) is 0 Å². The number of carbonyl (C=O) groups is 3. The lowest BCUT2D eigenvalue weighted by Crippen LogP contribution is -2.30. The third kappa shape index (κ3) is 42.6. The summed E-state index contributed by atoms with van der Waals surface area (Å²) in [5.74, 6) is -0.904. The van der Waals surface area contributed by atoms with Gasteiger partial charge in [0.15, 0.2) is 6.10 Å². The minimum absolute atomic E-state index is 0.0791. The van der Waals surface area contributed by atoms with Crippen LogP contribution in [0.25, 0.3) is 0 Å². The van der Waals surface area contributed by atoms with Crippen molar-refractivity contribution >= 4 is 17.9 Å². The van der Waals surface area contributed by atoms with Gasteiger partial charge in [0.25, 0.3) is 0 Å². The first kappa shape index (κ1) is 52.6. The summed E-state index contributed by atoms with van der Waals surface area (Å²) in [5, 5.41) is 0. The van der Waals surface area contributed by atoms with Gasteiger partial charge in [0.1, 0.15) is 13.2 Å².